The highest BCUT2D eigenvalue weighted by molar-refractivity contribution is 9.10. The molecular weight excluding hydrogens is 304 g/mol. The number of sulfonamides is 1. The van der Waals surface area contributed by atoms with Crippen molar-refractivity contribution in [3.8, 4) is 0 Å². The summed E-state index contributed by atoms with van der Waals surface area (Å²) in [5.41, 5.74) is 0. The zero-order valence-corrected chi connectivity index (χ0v) is 11.7. The normalized spacial score (nSPS) is 21.4. The second-order valence-corrected chi connectivity index (χ2v) is 6.75. The summed E-state index contributed by atoms with van der Waals surface area (Å²) in [6.07, 6.45) is 1.89. The summed E-state index contributed by atoms with van der Waals surface area (Å²) in [4.78, 5) is 0.303. The average molecular weight is 319 g/mol. The molecule has 2 rings (SSSR count). The molecule has 0 aromatic heterocycles. The molecule has 1 aromatic carbocycles. The number of piperidine rings is 1. The van der Waals surface area contributed by atoms with Crippen molar-refractivity contribution >= 4 is 26.0 Å². The Balaban J connectivity index is 2.13. The Morgan fingerprint density at radius 2 is 2.24 bits per heavy atom. The van der Waals surface area contributed by atoms with Gasteiger partial charge in [0.05, 0.1) is 4.90 Å². The average Bonchev–Trinajstić information content (AvgIpc) is 2.30. The molecule has 1 fully saturated rings. The Morgan fingerprint density at radius 1 is 1.41 bits per heavy atom. The lowest BCUT2D eigenvalue weighted by molar-refractivity contribution is 0.428. The number of hydrogen-bond acceptors (Lipinski definition) is 3. The molecule has 2 N–H and O–H groups in total. The molecule has 0 spiro atoms. The maximum absolute atomic E-state index is 12.1. The predicted octanol–water partition coefficient (Wildman–Crippen LogP) is 1.48. The highest BCUT2D eigenvalue weighted by Gasteiger charge is 2.21. The largest absolute Gasteiger partial charge is 0.315 e. The fourth-order valence-corrected chi connectivity index (χ4v) is 3.74. The van der Waals surface area contributed by atoms with Crippen molar-refractivity contribution in [3.05, 3.63) is 28.7 Å². The third kappa shape index (κ3) is 3.51. The van der Waals surface area contributed by atoms with Gasteiger partial charge in [-0.1, -0.05) is 22.0 Å². The van der Waals surface area contributed by atoms with E-state index in [0.29, 0.717) is 11.4 Å². The van der Waals surface area contributed by atoms with Crippen LogP contribution in [0.5, 0.6) is 0 Å². The number of nitrogens with one attached hydrogen (secondary N) is 2. The third-order valence-corrected chi connectivity index (χ3v) is 4.74. The van der Waals surface area contributed by atoms with Crippen molar-refractivity contribution in [2.75, 3.05) is 13.1 Å². The summed E-state index contributed by atoms with van der Waals surface area (Å²) in [5, 5.41) is 3.18. The molecule has 1 atom stereocenters. The van der Waals surface area contributed by atoms with Gasteiger partial charge in [-0.2, -0.15) is 0 Å². The molecule has 0 bridgehead atoms. The van der Waals surface area contributed by atoms with Crippen LogP contribution in [-0.4, -0.2) is 27.5 Å². The molecule has 0 unspecified atom stereocenters. The van der Waals surface area contributed by atoms with E-state index in [-0.39, 0.29) is 6.04 Å². The summed E-state index contributed by atoms with van der Waals surface area (Å²) in [6.45, 7) is 1.67. The molecule has 94 valence electrons. The minimum absolute atomic E-state index is 0.00673. The highest BCUT2D eigenvalue weighted by atomic mass is 79.9. The van der Waals surface area contributed by atoms with Gasteiger partial charge in [0, 0.05) is 17.1 Å². The van der Waals surface area contributed by atoms with E-state index in [0.717, 1.165) is 23.9 Å². The van der Waals surface area contributed by atoms with Gasteiger partial charge in [-0.05, 0) is 37.6 Å². The van der Waals surface area contributed by atoms with Gasteiger partial charge >= 0.3 is 0 Å². The standard InChI is InChI=1S/C11H15BrN2O2S/c12-9-3-1-5-11(7-9)17(15,16)14-10-4-2-6-13-8-10/h1,3,5,7,10,13-14H,2,4,6,8H2/t10-/m0/s1. The molecule has 1 aliphatic rings. The topological polar surface area (TPSA) is 58.2 Å². The van der Waals surface area contributed by atoms with Crippen molar-refractivity contribution in [2.24, 2.45) is 0 Å². The molecule has 0 radical (unpaired) electrons. The lowest BCUT2D eigenvalue weighted by atomic mass is 10.1. The second-order valence-electron chi connectivity index (χ2n) is 4.12. The fraction of sp³-hybridized carbons (Fsp3) is 0.455. The SMILES string of the molecule is O=S(=O)(N[C@H]1CCCNC1)c1cccc(Br)c1. The number of rotatable bonds is 3. The molecule has 0 aliphatic carbocycles. The van der Waals surface area contributed by atoms with Crippen LogP contribution in [0.1, 0.15) is 12.8 Å². The van der Waals surface area contributed by atoms with Crippen LogP contribution in [-0.2, 0) is 10.0 Å². The summed E-state index contributed by atoms with van der Waals surface area (Å²) < 4.78 is 27.7. The second kappa shape index (κ2) is 5.48. The quantitative estimate of drug-likeness (QED) is 0.887. The van der Waals surface area contributed by atoms with Crippen LogP contribution in [0, 0.1) is 0 Å². The molecule has 4 nitrogen and oxygen atoms in total. The first-order valence-electron chi connectivity index (χ1n) is 5.56. The van der Waals surface area contributed by atoms with Crippen molar-refractivity contribution in [1.29, 1.82) is 0 Å². The number of hydrogen-bond donors (Lipinski definition) is 2. The first-order chi connectivity index (χ1) is 8.08. The van der Waals surface area contributed by atoms with Gasteiger partial charge in [0.1, 0.15) is 0 Å². The maximum atomic E-state index is 12.1. The fourth-order valence-electron chi connectivity index (χ4n) is 1.87. The van der Waals surface area contributed by atoms with Crippen LogP contribution in [0.3, 0.4) is 0 Å². The summed E-state index contributed by atoms with van der Waals surface area (Å²) in [7, 11) is -3.40. The van der Waals surface area contributed by atoms with E-state index in [9.17, 15) is 8.42 Å². The number of halogens is 1. The maximum Gasteiger partial charge on any atom is 0.240 e. The molecule has 0 amide bonds. The summed E-state index contributed by atoms with van der Waals surface area (Å²) >= 11 is 3.28. The first-order valence-corrected chi connectivity index (χ1v) is 7.84. The van der Waals surface area contributed by atoms with Crippen molar-refractivity contribution < 1.29 is 8.42 Å². The molecule has 6 heteroatoms. The monoisotopic (exact) mass is 318 g/mol. The van der Waals surface area contributed by atoms with Gasteiger partial charge in [0.15, 0.2) is 0 Å². The van der Waals surface area contributed by atoms with Crippen molar-refractivity contribution in [3.63, 3.8) is 0 Å². The van der Waals surface area contributed by atoms with Crippen LogP contribution in [0.2, 0.25) is 0 Å². The van der Waals surface area contributed by atoms with Crippen LogP contribution in [0.25, 0.3) is 0 Å². The minimum atomic E-state index is -3.40. The van der Waals surface area contributed by atoms with E-state index in [2.05, 4.69) is 26.0 Å². The van der Waals surface area contributed by atoms with Gasteiger partial charge in [-0.3, -0.25) is 0 Å². The van der Waals surface area contributed by atoms with E-state index in [4.69, 9.17) is 0 Å². The Kier molecular flexibility index (Phi) is 4.19. The van der Waals surface area contributed by atoms with Crippen LogP contribution >= 0.6 is 15.9 Å². The Bertz CT molecular complexity index is 484. The molecule has 1 aliphatic heterocycles. The zero-order chi connectivity index (χ0) is 12.3. The Labute approximate surface area is 110 Å². The van der Waals surface area contributed by atoms with Gasteiger partial charge in [-0.25, -0.2) is 13.1 Å². The minimum Gasteiger partial charge on any atom is -0.315 e. The highest BCUT2D eigenvalue weighted by Crippen LogP contribution is 2.16. The summed E-state index contributed by atoms with van der Waals surface area (Å²) in [6, 6.07) is 6.73. The van der Waals surface area contributed by atoms with Gasteiger partial charge in [0.2, 0.25) is 10.0 Å². The molecule has 1 aromatic rings. The van der Waals surface area contributed by atoms with Gasteiger partial charge < -0.3 is 5.32 Å². The molecule has 1 heterocycles. The molecule has 1 saturated heterocycles. The zero-order valence-electron chi connectivity index (χ0n) is 9.32. The third-order valence-electron chi connectivity index (χ3n) is 2.73. The Morgan fingerprint density at radius 3 is 2.88 bits per heavy atom. The van der Waals surface area contributed by atoms with E-state index in [1.807, 2.05) is 0 Å². The predicted molar refractivity (Wildman–Crippen MR) is 70.4 cm³/mol. The van der Waals surface area contributed by atoms with Crippen LogP contribution < -0.4 is 10.0 Å². The van der Waals surface area contributed by atoms with Gasteiger partial charge in [-0.15, -0.1) is 0 Å². The smallest absolute Gasteiger partial charge is 0.240 e. The molecular formula is C11H15BrN2O2S. The van der Waals surface area contributed by atoms with Crippen molar-refractivity contribution in [1.82, 2.24) is 10.0 Å². The molecule has 17 heavy (non-hydrogen) atoms. The van der Waals surface area contributed by atoms with Crippen LogP contribution in [0.15, 0.2) is 33.6 Å². The van der Waals surface area contributed by atoms with E-state index in [1.165, 1.54) is 0 Å². The first kappa shape index (κ1) is 13.0. The summed E-state index contributed by atoms with van der Waals surface area (Å²) in [5.74, 6) is 0. The van der Waals surface area contributed by atoms with E-state index < -0.39 is 10.0 Å². The van der Waals surface area contributed by atoms with Gasteiger partial charge in [0.25, 0.3) is 0 Å². The lowest BCUT2D eigenvalue weighted by Gasteiger charge is -2.23. The van der Waals surface area contributed by atoms with Crippen LogP contribution in [0.4, 0.5) is 0 Å². The van der Waals surface area contributed by atoms with Crippen molar-refractivity contribution in [2.45, 2.75) is 23.8 Å². The van der Waals surface area contributed by atoms with E-state index >= 15 is 0 Å². The number of benzene rings is 1. The van der Waals surface area contributed by atoms with E-state index in [1.54, 1.807) is 24.3 Å². The molecule has 0 saturated carbocycles. The Hall–Kier alpha value is -0.430. The lowest BCUT2D eigenvalue weighted by Crippen LogP contribution is -2.45.